The Bertz CT molecular complexity index is 1220. The molecule has 0 amide bonds. The quantitative estimate of drug-likeness (QED) is 0.437. The average molecular weight is 420 g/mol. The van der Waals surface area contributed by atoms with E-state index in [-0.39, 0.29) is 5.82 Å². The van der Waals surface area contributed by atoms with Crippen molar-refractivity contribution < 1.29 is 9.13 Å². The van der Waals surface area contributed by atoms with Crippen LogP contribution in [0.2, 0.25) is 0 Å². The lowest BCUT2D eigenvalue weighted by molar-refractivity contribution is 0.404. The number of methoxy groups -OCH3 is 1. The molecule has 0 atom stereocenters. The Balaban J connectivity index is 1.66. The lowest BCUT2D eigenvalue weighted by Gasteiger charge is -2.13. The lowest BCUT2D eigenvalue weighted by atomic mass is 10.0. The van der Waals surface area contributed by atoms with Crippen LogP contribution in [0.4, 0.5) is 4.39 Å². The molecular formula is C24H26FN5O. The van der Waals surface area contributed by atoms with E-state index in [1.165, 1.54) is 6.07 Å². The molecule has 0 N–H and O–H groups in total. The summed E-state index contributed by atoms with van der Waals surface area (Å²) in [5.41, 5.74) is 5.08. The Hall–Kier alpha value is -3.35. The van der Waals surface area contributed by atoms with Crippen molar-refractivity contribution >= 4 is 5.65 Å². The first-order chi connectivity index (χ1) is 15.0. The summed E-state index contributed by atoms with van der Waals surface area (Å²) in [5.74, 6) is 1.65. The third-order valence-corrected chi connectivity index (χ3v) is 5.38. The van der Waals surface area contributed by atoms with Gasteiger partial charge >= 0.3 is 0 Å². The minimum absolute atomic E-state index is 0.259. The van der Waals surface area contributed by atoms with Crippen LogP contribution in [0.25, 0.3) is 16.8 Å². The maximum Gasteiger partial charge on any atom is 0.168 e. The zero-order valence-corrected chi connectivity index (χ0v) is 18.3. The van der Waals surface area contributed by atoms with Crippen molar-refractivity contribution in [1.82, 2.24) is 24.6 Å². The molecule has 160 valence electrons. The van der Waals surface area contributed by atoms with E-state index in [9.17, 15) is 4.39 Å². The Morgan fingerprint density at radius 1 is 1.10 bits per heavy atom. The molecule has 0 radical (unpaired) electrons. The van der Waals surface area contributed by atoms with Crippen LogP contribution in [0, 0.1) is 18.7 Å². The minimum atomic E-state index is -0.259. The van der Waals surface area contributed by atoms with E-state index >= 15 is 0 Å². The number of ether oxygens (including phenoxy) is 1. The summed E-state index contributed by atoms with van der Waals surface area (Å²) in [6, 6.07) is 8.94. The molecule has 3 heterocycles. The molecule has 4 aromatic rings. The van der Waals surface area contributed by atoms with Gasteiger partial charge in [0.15, 0.2) is 5.65 Å². The standard InChI is InChI=1S/C24H26FN5O/c1-15(2)12-23-26-13-20(16(3)28-23)18-10-8-17(30-14-27-29-24(18)30)9-11-19-21(25)6-5-7-22(19)31-4/h5-8,10,13-15H,9,11-12H2,1-4H3. The SMILES string of the molecule is COc1cccc(F)c1CCc1ccc(-c2cnc(CC(C)C)nc2C)c2nncn12. The molecule has 0 fully saturated rings. The van der Waals surface area contributed by atoms with Crippen LogP contribution in [0.3, 0.4) is 0 Å². The summed E-state index contributed by atoms with van der Waals surface area (Å²) in [4.78, 5) is 9.23. The van der Waals surface area contributed by atoms with Crippen LogP contribution >= 0.6 is 0 Å². The van der Waals surface area contributed by atoms with Gasteiger partial charge in [0.1, 0.15) is 23.7 Å². The average Bonchev–Trinajstić information content (AvgIpc) is 3.23. The summed E-state index contributed by atoms with van der Waals surface area (Å²) in [7, 11) is 1.56. The van der Waals surface area contributed by atoms with Crippen LogP contribution in [-0.2, 0) is 19.3 Å². The monoisotopic (exact) mass is 419 g/mol. The van der Waals surface area contributed by atoms with Crippen molar-refractivity contribution in [2.45, 2.75) is 40.0 Å². The van der Waals surface area contributed by atoms with Gasteiger partial charge in [0.25, 0.3) is 0 Å². The maximum absolute atomic E-state index is 14.3. The summed E-state index contributed by atoms with van der Waals surface area (Å²) < 4.78 is 21.6. The van der Waals surface area contributed by atoms with Crippen molar-refractivity contribution in [1.29, 1.82) is 0 Å². The third kappa shape index (κ3) is 4.26. The fourth-order valence-electron chi connectivity index (χ4n) is 3.85. The van der Waals surface area contributed by atoms with E-state index in [1.54, 1.807) is 25.6 Å². The second-order valence-corrected chi connectivity index (χ2v) is 8.07. The summed E-state index contributed by atoms with van der Waals surface area (Å²) >= 11 is 0. The van der Waals surface area contributed by atoms with Gasteiger partial charge in [0.2, 0.25) is 0 Å². The largest absolute Gasteiger partial charge is 0.496 e. The van der Waals surface area contributed by atoms with Gasteiger partial charge in [0, 0.05) is 40.7 Å². The molecule has 0 bridgehead atoms. The number of rotatable bonds is 7. The summed E-state index contributed by atoms with van der Waals surface area (Å²) in [6.45, 7) is 6.30. The number of pyridine rings is 1. The summed E-state index contributed by atoms with van der Waals surface area (Å²) in [5, 5.41) is 8.45. The van der Waals surface area contributed by atoms with Crippen molar-refractivity contribution in [3.8, 4) is 16.9 Å². The fourth-order valence-corrected chi connectivity index (χ4v) is 3.85. The minimum Gasteiger partial charge on any atom is -0.496 e. The Kier molecular flexibility index (Phi) is 5.93. The fraction of sp³-hybridized carbons (Fsp3) is 0.333. The first kappa shape index (κ1) is 20.9. The predicted octanol–water partition coefficient (Wildman–Crippen LogP) is 4.63. The molecular weight excluding hydrogens is 393 g/mol. The first-order valence-electron chi connectivity index (χ1n) is 10.4. The number of hydrogen-bond donors (Lipinski definition) is 0. The molecule has 3 aromatic heterocycles. The maximum atomic E-state index is 14.3. The number of aryl methyl sites for hydroxylation is 2. The Labute approximate surface area is 181 Å². The molecule has 7 heteroatoms. The molecule has 0 saturated heterocycles. The highest BCUT2D eigenvalue weighted by atomic mass is 19.1. The number of fused-ring (bicyclic) bond motifs is 1. The van der Waals surface area contributed by atoms with Gasteiger partial charge in [-0.1, -0.05) is 19.9 Å². The van der Waals surface area contributed by atoms with E-state index in [2.05, 4.69) is 34.0 Å². The van der Waals surface area contributed by atoms with E-state index in [1.807, 2.05) is 29.7 Å². The smallest absolute Gasteiger partial charge is 0.168 e. The first-order valence-corrected chi connectivity index (χ1v) is 10.4. The zero-order valence-electron chi connectivity index (χ0n) is 18.3. The predicted molar refractivity (Wildman–Crippen MR) is 118 cm³/mol. The molecule has 0 saturated carbocycles. The highest BCUT2D eigenvalue weighted by Gasteiger charge is 2.15. The van der Waals surface area contributed by atoms with Crippen LogP contribution < -0.4 is 4.74 Å². The zero-order chi connectivity index (χ0) is 22.0. The second kappa shape index (κ2) is 8.79. The van der Waals surface area contributed by atoms with Crippen molar-refractivity contribution in [2.75, 3.05) is 7.11 Å². The van der Waals surface area contributed by atoms with Crippen LogP contribution in [0.1, 0.15) is 36.6 Å². The second-order valence-electron chi connectivity index (χ2n) is 8.07. The number of benzene rings is 1. The highest BCUT2D eigenvalue weighted by molar-refractivity contribution is 5.78. The van der Waals surface area contributed by atoms with Crippen LogP contribution in [-0.4, -0.2) is 31.7 Å². The van der Waals surface area contributed by atoms with Crippen LogP contribution in [0.5, 0.6) is 5.75 Å². The van der Waals surface area contributed by atoms with Gasteiger partial charge in [0.05, 0.1) is 7.11 Å². The van der Waals surface area contributed by atoms with Crippen LogP contribution in [0.15, 0.2) is 42.9 Å². The van der Waals surface area contributed by atoms with Crippen molar-refractivity contribution in [2.24, 2.45) is 5.92 Å². The van der Waals surface area contributed by atoms with Gasteiger partial charge < -0.3 is 4.74 Å². The summed E-state index contributed by atoms with van der Waals surface area (Å²) in [6.07, 6.45) is 5.54. The number of nitrogens with zero attached hydrogens (tertiary/aromatic N) is 5. The van der Waals surface area contributed by atoms with E-state index in [0.717, 1.165) is 40.4 Å². The lowest BCUT2D eigenvalue weighted by Crippen LogP contribution is -2.05. The normalized spacial score (nSPS) is 11.4. The van der Waals surface area contributed by atoms with Gasteiger partial charge in [-0.25, -0.2) is 14.4 Å². The number of aromatic nitrogens is 5. The van der Waals surface area contributed by atoms with E-state index < -0.39 is 0 Å². The molecule has 0 aliphatic rings. The molecule has 6 nitrogen and oxygen atoms in total. The Morgan fingerprint density at radius 2 is 1.94 bits per heavy atom. The van der Waals surface area contributed by atoms with Gasteiger partial charge in [-0.2, -0.15) is 0 Å². The number of hydrogen-bond acceptors (Lipinski definition) is 5. The van der Waals surface area contributed by atoms with E-state index in [0.29, 0.717) is 30.1 Å². The van der Waals surface area contributed by atoms with Crippen molar-refractivity contribution in [3.63, 3.8) is 0 Å². The highest BCUT2D eigenvalue weighted by Crippen LogP contribution is 2.28. The number of halogens is 1. The third-order valence-electron chi connectivity index (χ3n) is 5.38. The molecule has 0 aliphatic heterocycles. The van der Waals surface area contributed by atoms with E-state index in [4.69, 9.17) is 4.74 Å². The van der Waals surface area contributed by atoms with Gasteiger partial charge in [-0.3, -0.25) is 4.40 Å². The van der Waals surface area contributed by atoms with Gasteiger partial charge in [-0.05, 0) is 49.9 Å². The molecule has 0 aliphatic carbocycles. The van der Waals surface area contributed by atoms with Crippen molar-refractivity contribution in [3.05, 3.63) is 71.4 Å². The molecule has 0 spiro atoms. The topological polar surface area (TPSA) is 65.2 Å². The molecule has 1 aromatic carbocycles. The Morgan fingerprint density at radius 3 is 2.68 bits per heavy atom. The molecule has 0 unspecified atom stereocenters. The van der Waals surface area contributed by atoms with Gasteiger partial charge in [-0.15, -0.1) is 10.2 Å². The molecule has 31 heavy (non-hydrogen) atoms. The molecule has 4 rings (SSSR count).